The van der Waals surface area contributed by atoms with Crippen molar-refractivity contribution in [2.45, 2.75) is 63.4 Å². The van der Waals surface area contributed by atoms with Crippen molar-refractivity contribution in [1.29, 1.82) is 0 Å². The number of ether oxygens (including phenoxy) is 1. The summed E-state index contributed by atoms with van der Waals surface area (Å²) in [6.07, 6.45) is -0.0710. The molecule has 4 heterocycles. The van der Waals surface area contributed by atoms with Crippen LogP contribution < -0.4 is 0 Å². The molecule has 5 rings (SSSR count). The maximum absolute atomic E-state index is 13.7. The maximum Gasteiger partial charge on any atom is 0.417 e. The van der Waals surface area contributed by atoms with Gasteiger partial charge in [0.2, 0.25) is 5.91 Å². The second kappa shape index (κ2) is 7.55. The molecule has 31 heavy (non-hydrogen) atoms. The van der Waals surface area contributed by atoms with Crippen molar-refractivity contribution < 1.29 is 27.5 Å². The second-order valence-corrected chi connectivity index (χ2v) is 9.24. The average molecular weight is 437 g/mol. The normalized spacial score (nSPS) is 31.6. The molecule has 0 N–H and O–H groups in total. The van der Waals surface area contributed by atoms with Gasteiger partial charge in [-0.15, -0.1) is 0 Å². The molecule has 0 bridgehead atoms. The summed E-state index contributed by atoms with van der Waals surface area (Å²) in [4.78, 5) is 33.3. The Balaban J connectivity index is 1.34. The van der Waals surface area contributed by atoms with Crippen LogP contribution in [-0.2, 0) is 33.5 Å². The summed E-state index contributed by atoms with van der Waals surface area (Å²) in [6.45, 7) is 2.60. The molecular weight excluding hydrogens is 411 g/mol. The van der Waals surface area contributed by atoms with E-state index in [2.05, 4.69) is 9.88 Å². The SMILES string of the molecule is O=C1CCN(C2CC3OCCC3(C(=O)N3CCc4ncc(C(F)(F)F)cc4C3)C2)CC1. The largest absolute Gasteiger partial charge is 0.417 e. The molecule has 3 unspecified atom stereocenters. The molecule has 3 aliphatic heterocycles. The van der Waals surface area contributed by atoms with Gasteiger partial charge in [0.15, 0.2) is 0 Å². The number of pyridine rings is 1. The fourth-order valence-corrected chi connectivity index (χ4v) is 5.80. The van der Waals surface area contributed by atoms with Crippen LogP contribution in [0.3, 0.4) is 0 Å². The Kier molecular flexibility index (Phi) is 5.08. The minimum atomic E-state index is -4.45. The van der Waals surface area contributed by atoms with Crippen LogP contribution in [0.4, 0.5) is 13.2 Å². The summed E-state index contributed by atoms with van der Waals surface area (Å²) in [7, 11) is 0. The Hall–Kier alpha value is -2.00. The first-order valence-corrected chi connectivity index (χ1v) is 11.0. The van der Waals surface area contributed by atoms with E-state index < -0.39 is 17.2 Å². The maximum atomic E-state index is 13.7. The van der Waals surface area contributed by atoms with E-state index >= 15 is 0 Å². The van der Waals surface area contributed by atoms with E-state index in [4.69, 9.17) is 4.74 Å². The van der Waals surface area contributed by atoms with Gasteiger partial charge in [0, 0.05) is 70.0 Å². The molecule has 1 saturated carbocycles. The molecule has 1 amide bonds. The predicted octanol–water partition coefficient (Wildman–Crippen LogP) is 2.59. The van der Waals surface area contributed by atoms with Crippen molar-refractivity contribution in [3.63, 3.8) is 0 Å². The Labute approximate surface area is 178 Å². The number of hydrogen-bond acceptors (Lipinski definition) is 5. The number of carbonyl (C=O) groups is 2. The number of ketones is 1. The van der Waals surface area contributed by atoms with Gasteiger partial charge in [0.1, 0.15) is 5.78 Å². The Morgan fingerprint density at radius 1 is 1.19 bits per heavy atom. The lowest BCUT2D eigenvalue weighted by atomic mass is 9.80. The van der Waals surface area contributed by atoms with Crippen LogP contribution in [0.15, 0.2) is 12.3 Å². The molecule has 0 radical (unpaired) electrons. The van der Waals surface area contributed by atoms with Crippen LogP contribution in [0.25, 0.3) is 0 Å². The van der Waals surface area contributed by atoms with Crippen molar-refractivity contribution in [3.8, 4) is 0 Å². The fraction of sp³-hybridized carbons (Fsp3) is 0.682. The number of rotatable bonds is 2. The molecule has 9 heteroatoms. The molecule has 6 nitrogen and oxygen atoms in total. The van der Waals surface area contributed by atoms with E-state index in [1.807, 2.05) is 0 Å². The van der Waals surface area contributed by atoms with Gasteiger partial charge in [-0.1, -0.05) is 0 Å². The molecule has 1 aliphatic carbocycles. The summed E-state index contributed by atoms with van der Waals surface area (Å²) in [5, 5.41) is 0. The molecule has 4 aliphatic rings. The minimum Gasteiger partial charge on any atom is -0.377 e. The number of likely N-dealkylation sites (tertiary alicyclic amines) is 1. The molecule has 3 atom stereocenters. The zero-order valence-electron chi connectivity index (χ0n) is 17.3. The van der Waals surface area contributed by atoms with Gasteiger partial charge >= 0.3 is 6.18 Å². The van der Waals surface area contributed by atoms with Crippen molar-refractivity contribution in [3.05, 3.63) is 29.1 Å². The minimum absolute atomic E-state index is 0.00588. The van der Waals surface area contributed by atoms with Crippen molar-refractivity contribution in [2.75, 3.05) is 26.2 Å². The van der Waals surface area contributed by atoms with E-state index in [9.17, 15) is 22.8 Å². The lowest BCUT2D eigenvalue weighted by Crippen LogP contribution is -2.48. The molecular formula is C22H26F3N3O3. The van der Waals surface area contributed by atoms with E-state index in [1.54, 1.807) is 4.90 Å². The number of hydrogen-bond donors (Lipinski definition) is 0. The lowest BCUT2D eigenvalue weighted by molar-refractivity contribution is -0.145. The molecule has 1 aromatic rings. The molecule has 1 aromatic heterocycles. The number of alkyl halides is 3. The van der Waals surface area contributed by atoms with E-state index in [1.165, 1.54) is 0 Å². The molecule has 2 saturated heterocycles. The first-order chi connectivity index (χ1) is 14.8. The zero-order chi connectivity index (χ0) is 21.8. The van der Waals surface area contributed by atoms with Gasteiger partial charge in [-0.2, -0.15) is 13.2 Å². The van der Waals surface area contributed by atoms with Crippen LogP contribution in [0.1, 0.15) is 48.9 Å². The van der Waals surface area contributed by atoms with Crippen molar-refractivity contribution in [1.82, 2.24) is 14.8 Å². The van der Waals surface area contributed by atoms with Gasteiger partial charge in [0.05, 0.1) is 17.1 Å². The Morgan fingerprint density at radius 2 is 1.97 bits per heavy atom. The average Bonchev–Trinajstić information content (AvgIpc) is 3.31. The molecule has 168 valence electrons. The Bertz CT molecular complexity index is 896. The number of piperidine rings is 1. The van der Waals surface area contributed by atoms with Crippen LogP contribution in [-0.4, -0.2) is 64.9 Å². The molecule has 0 aromatic carbocycles. The number of halogens is 3. The first kappa shape index (κ1) is 20.9. The third-order valence-electron chi connectivity index (χ3n) is 7.52. The van der Waals surface area contributed by atoms with Gasteiger partial charge < -0.3 is 9.64 Å². The predicted molar refractivity (Wildman–Crippen MR) is 104 cm³/mol. The third-order valence-corrected chi connectivity index (χ3v) is 7.52. The van der Waals surface area contributed by atoms with Crippen LogP contribution in [0.2, 0.25) is 0 Å². The highest BCUT2D eigenvalue weighted by atomic mass is 19.4. The first-order valence-electron chi connectivity index (χ1n) is 11.0. The number of nitrogens with zero attached hydrogens (tertiary/aromatic N) is 3. The standard InChI is InChI=1S/C22H26F3N3O3/c23-22(24,25)15-9-14-13-28(7-3-18(14)26-12-15)20(30)21-4-8-31-19(21)10-16(11-21)27-5-1-17(29)2-6-27/h9,12,16,19H,1-8,10-11,13H2. The highest BCUT2D eigenvalue weighted by Crippen LogP contribution is 2.50. The smallest absolute Gasteiger partial charge is 0.377 e. The number of carbonyl (C=O) groups excluding carboxylic acids is 2. The van der Waals surface area contributed by atoms with Gasteiger partial charge in [-0.25, -0.2) is 0 Å². The summed E-state index contributed by atoms with van der Waals surface area (Å²) in [5.41, 5.74) is -0.276. The van der Waals surface area contributed by atoms with Gasteiger partial charge in [0.25, 0.3) is 0 Å². The highest BCUT2D eigenvalue weighted by Gasteiger charge is 2.58. The van der Waals surface area contributed by atoms with Gasteiger partial charge in [-0.05, 0) is 30.9 Å². The summed E-state index contributed by atoms with van der Waals surface area (Å²) < 4.78 is 45.3. The van der Waals surface area contributed by atoms with Crippen molar-refractivity contribution >= 4 is 11.7 Å². The quantitative estimate of drug-likeness (QED) is 0.712. The van der Waals surface area contributed by atoms with Crippen molar-refractivity contribution in [2.24, 2.45) is 5.41 Å². The molecule has 0 spiro atoms. The van der Waals surface area contributed by atoms with Crippen LogP contribution >= 0.6 is 0 Å². The number of amides is 1. The third kappa shape index (κ3) is 3.65. The number of aromatic nitrogens is 1. The topological polar surface area (TPSA) is 62.7 Å². The summed E-state index contributed by atoms with van der Waals surface area (Å²) >= 11 is 0. The van der Waals surface area contributed by atoms with E-state index in [0.29, 0.717) is 56.5 Å². The fourth-order valence-electron chi connectivity index (χ4n) is 5.80. The zero-order valence-corrected chi connectivity index (χ0v) is 17.3. The number of fused-ring (bicyclic) bond motifs is 2. The molecule has 3 fully saturated rings. The van der Waals surface area contributed by atoms with E-state index in [0.717, 1.165) is 31.8 Å². The summed E-state index contributed by atoms with van der Waals surface area (Å²) in [5.74, 6) is 0.281. The lowest BCUT2D eigenvalue weighted by Gasteiger charge is -2.37. The van der Waals surface area contributed by atoms with Crippen LogP contribution in [0.5, 0.6) is 0 Å². The Morgan fingerprint density at radius 3 is 2.71 bits per heavy atom. The number of Topliss-reactive ketones (excluding diaryl/α,β-unsaturated/α-hetero) is 1. The highest BCUT2D eigenvalue weighted by molar-refractivity contribution is 5.84. The second-order valence-electron chi connectivity index (χ2n) is 9.24. The monoisotopic (exact) mass is 437 g/mol. The van der Waals surface area contributed by atoms with Gasteiger partial charge in [-0.3, -0.25) is 19.5 Å². The van der Waals surface area contributed by atoms with Crippen LogP contribution in [0, 0.1) is 5.41 Å². The summed E-state index contributed by atoms with van der Waals surface area (Å²) in [6, 6.07) is 1.34. The van der Waals surface area contributed by atoms with E-state index in [-0.39, 0.29) is 30.4 Å².